The van der Waals surface area contributed by atoms with E-state index >= 15 is 0 Å². The fourth-order valence-electron chi connectivity index (χ4n) is 1.17. The number of hydrogen-bond acceptors (Lipinski definition) is 5. The monoisotopic (exact) mass is 274 g/mol. The van der Waals surface area contributed by atoms with E-state index < -0.39 is 12.1 Å². The van der Waals surface area contributed by atoms with Gasteiger partial charge < -0.3 is 19.3 Å². The van der Waals surface area contributed by atoms with E-state index in [2.05, 4.69) is 6.58 Å². The van der Waals surface area contributed by atoms with E-state index in [0.29, 0.717) is 18.8 Å². The molecule has 2 atom stereocenters. The fraction of sp³-hybridized carbons (Fsp3) is 0.786. The van der Waals surface area contributed by atoms with Crippen LogP contribution in [0.1, 0.15) is 33.6 Å². The van der Waals surface area contributed by atoms with E-state index in [1.807, 2.05) is 13.8 Å². The fourth-order valence-corrected chi connectivity index (χ4v) is 1.17. The molecule has 0 heterocycles. The van der Waals surface area contributed by atoms with Crippen LogP contribution in [0.5, 0.6) is 0 Å². The molecule has 112 valence electrons. The smallest absolute Gasteiger partial charge is 0.335 e. The Balaban J connectivity index is 3.64. The van der Waals surface area contributed by atoms with Crippen molar-refractivity contribution in [3.8, 4) is 0 Å². The minimum absolute atomic E-state index is 0.132. The van der Waals surface area contributed by atoms with Crippen LogP contribution in [-0.2, 0) is 19.0 Å². The number of unbranched alkanes of at least 4 members (excludes halogenated alkanes) is 1. The molecule has 2 unspecified atom stereocenters. The summed E-state index contributed by atoms with van der Waals surface area (Å²) in [6, 6.07) is 0. The molecule has 0 aromatic carbocycles. The van der Waals surface area contributed by atoms with Crippen molar-refractivity contribution in [3.63, 3.8) is 0 Å². The average molecular weight is 274 g/mol. The maximum absolute atomic E-state index is 11.4. The van der Waals surface area contributed by atoms with Gasteiger partial charge in [-0.3, -0.25) is 0 Å². The van der Waals surface area contributed by atoms with Crippen molar-refractivity contribution in [3.05, 3.63) is 12.2 Å². The van der Waals surface area contributed by atoms with Crippen molar-refractivity contribution in [2.75, 3.05) is 26.4 Å². The first-order chi connectivity index (χ1) is 8.97. The van der Waals surface area contributed by atoms with Crippen LogP contribution in [-0.4, -0.2) is 49.7 Å². The van der Waals surface area contributed by atoms with Crippen LogP contribution >= 0.6 is 0 Å². The van der Waals surface area contributed by atoms with E-state index in [0.717, 1.165) is 12.8 Å². The number of ether oxygens (including phenoxy) is 3. The molecule has 0 saturated carbocycles. The molecule has 0 radical (unpaired) electrons. The van der Waals surface area contributed by atoms with Gasteiger partial charge in [-0.1, -0.05) is 19.9 Å². The third-order valence-electron chi connectivity index (χ3n) is 2.27. The summed E-state index contributed by atoms with van der Waals surface area (Å²) in [7, 11) is 0. The van der Waals surface area contributed by atoms with Crippen molar-refractivity contribution in [1.82, 2.24) is 0 Å². The zero-order chi connectivity index (χ0) is 14.7. The predicted molar refractivity (Wildman–Crippen MR) is 72.9 cm³/mol. The molecule has 0 saturated heterocycles. The van der Waals surface area contributed by atoms with Crippen LogP contribution in [0.4, 0.5) is 0 Å². The largest absolute Gasteiger partial charge is 0.462 e. The van der Waals surface area contributed by atoms with Crippen LogP contribution in [0.25, 0.3) is 0 Å². The highest BCUT2D eigenvalue weighted by Gasteiger charge is 2.10. The van der Waals surface area contributed by atoms with Gasteiger partial charge in [-0.05, 0) is 20.3 Å². The summed E-state index contributed by atoms with van der Waals surface area (Å²) in [5, 5.41) is 9.05. The number of esters is 1. The van der Waals surface area contributed by atoms with Crippen LogP contribution in [0, 0.1) is 0 Å². The van der Waals surface area contributed by atoms with Gasteiger partial charge in [0.2, 0.25) is 0 Å². The number of carbonyl (C=O) groups excluding carboxylic acids is 1. The lowest BCUT2D eigenvalue weighted by Crippen LogP contribution is -2.22. The summed E-state index contributed by atoms with van der Waals surface area (Å²) in [5.74, 6) is -0.411. The van der Waals surface area contributed by atoms with Crippen LogP contribution in [0.15, 0.2) is 12.2 Å². The second-order valence-electron chi connectivity index (χ2n) is 4.60. The van der Waals surface area contributed by atoms with Gasteiger partial charge in [-0.2, -0.15) is 0 Å². The van der Waals surface area contributed by atoms with Gasteiger partial charge >= 0.3 is 5.97 Å². The first-order valence-electron chi connectivity index (χ1n) is 6.69. The molecule has 0 aromatic heterocycles. The molecule has 0 amide bonds. The van der Waals surface area contributed by atoms with Crippen molar-refractivity contribution >= 4 is 5.97 Å². The third kappa shape index (κ3) is 10.7. The van der Waals surface area contributed by atoms with Gasteiger partial charge in [0.1, 0.15) is 0 Å². The quantitative estimate of drug-likeness (QED) is 0.353. The van der Waals surface area contributed by atoms with Crippen LogP contribution in [0.3, 0.4) is 0 Å². The zero-order valence-corrected chi connectivity index (χ0v) is 12.2. The zero-order valence-electron chi connectivity index (χ0n) is 12.2. The Hall–Kier alpha value is -0.910. The number of hydrogen-bond donors (Lipinski definition) is 1. The van der Waals surface area contributed by atoms with E-state index in [-0.39, 0.29) is 19.3 Å². The number of aliphatic hydroxyl groups excluding tert-OH is 1. The minimum atomic E-state index is -0.494. The topological polar surface area (TPSA) is 65.0 Å². The summed E-state index contributed by atoms with van der Waals surface area (Å²) in [5.41, 5.74) is 0.304. The number of aliphatic hydroxyl groups is 1. The lowest BCUT2D eigenvalue weighted by molar-refractivity contribution is -0.140. The van der Waals surface area contributed by atoms with Gasteiger partial charge in [-0.25, -0.2) is 4.79 Å². The SMILES string of the molecule is C=C(COCC(C)OCC(C)O)C(=O)OCCCC. The van der Waals surface area contributed by atoms with Crippen molar-refractivity contribution in [1.29, 1.82) is 0 Å². The Labute approximate surface area is 115 Å². The van der Waals surface area contributed by atoms with E-state index in [4.69, 9.17) is 19.3 Å². The van der Waals surface area contributed by atoms with Gasteiger partial charge in [-0.15, -0.1) is 0 Å². The summed E-state index contributed by atoms with van der Waals surface area (Å²) >= 11 is 0. The molecule has 0 aliphatic rings. The third-order valence-corrected chi connectivity index (χ3v) is 2.27. The summed E-state index contributed by atoms with van der Waals surface area (Å²) < 4.78 is 15.6. The molecule has 0 fully saturated rings. The highest BCUT2D eigenvalue weighted by atomic mass is 16.5. The Morgan fingerprint density at radius 2 is 2.00 bits per heavy atom. The molecular formula is C14H26O5. The molecule has 0 aliphatic carbocycles. The van der Waals surface area contributed by atoms with Gasteiger partial charge in [0.15, 0.2) is 0 Å². The molecule has 1 N–H and O–H groups in total. The maximum atomic E-state index is 11.4. The molecule has 0 aromatic rings. The molecule has 0 aliphatic heterocycles. The Bertz CT molecular complexity index is 263. The summed E-state index contributed by atoms with van der Waals surface area (Å²) in [6.07, 6.45) is 1.20. The van der Waals surface area contributed by atoms with Gasteiger partial charge in [0.25, 0.3) is 0 Å². The molecule has 0 bridgehead atoms. The second kappa shape index (κ2) is 11.0. The van der Waals surface area contributed by atoms with Gasteiger partial charge in [0.05, 0.1) is 44.2 Å². The predicted octanol–water partition coefficient (Wildman–Crippen LogP) is 1.69. The van der Waals surface area contributed by atoms with Crippen LogP contribution < -0.4 is 0 Å². The number of rotatable bonds is 11. The van der Waals surface area contributed by atoms with Crippen LogP contribution in [0.2, 0.25) is 0 Å². The second-order valence-corrected chi connectivity index (χ2v) is 4.60. The van der Waals surface area contributed by atoms with Crippen molar-refractivity contribution in [2.24, 2.45) is 0 Å². The highest BCUT2D eigenvalue weighted by Crippen LogP contribution is 2.00. The normalized spacial score (nSPS) is 13.9. The minimum Gasteiger partial charge on any atom is -0.462 e. The molecule has 0 spiro atoms. The maximum Gasteiger partial charge on any atom is 0.335 e. The Kier molecular flexibility index (Phi) is 10.4. The first-order valence-corrected chi connectivity index (χ1v) is 6.69. The first kappa shape index (κ1) is 18.1. The molecule has 19 heavy (non-hydrogen) atoms. The average Bonchev–Trinajstić information content (AvgIpc) is 2.36. The lowest BCUT2D eigenvalue weighted by Gasteiger charge is -2.15. The van der Waals surface area contributed by atoms with Gasteiger partial charge in [0, 0.05) is 0 Å². The number of carbonyl (C=O) groups is 1. The molecule has 0 rings (SSSR count). The summed E-state index contributed by atoms with van der Waals surface area (Å²) in [6.45, 7) is 10.3. The van der Waals surface area contributed by atoms with E-state index in [1.54, 1.807) is 6.92 Å². The standard InChI is InChI=1S/C14H26O5/c1-5-6-7-18-14(16)11(2)8-17-10-13(4)19-9-12(3)15/h12-13,15H,2,5-10H2,1,3-4H3. The molecular weight excluding hydrogens is 248 g/mol. The van der Waals surface area contributed by atoms with E-state index in [9.17, 15) is 4.79 Å². The van der Waals surface area contributed by atoms with E-state index in [1.165, 1.54) is 0 Å². The van der Waals surface area contributed by atoms with Crippen molar-refractivity contribution < 1.29 is 24.1 Å². The van der Waals surface area contributed by atoms with Crippen molar-refractivity contribution in [2.45, 2.75) is 45.8 Å². The summed E-state index contributed by atoms with van der Waals surface area (Å²) in [4.78, 5) is 11.4. The Morgan fingerprint density at radius 1 is 1.32 bits per heavy atom. The lowest BCUT2D eigenvalue weighted by atomic mass is 10.3. The highest BCUT2D eigenvalue weighted by molar-refractivity contribution is 5.87. The molecule has 5 heteroatoms. The molecule has 5 nitrogen and oxygen atoms in total. The Morgan fingerprint density at radius 3 is 2.58 bits per heavy atom.